The zero-order chi connectivity index (χ0) is 15.8. The predicted molar refractivity (Wildman–Crippen MR) is 83.8 cm³/mol. The fourth-order valence-corrected chi connectivity index (χ4v) is 3.33. The standard InChI is InChI=1S/C15H26N2O3S/c1-12-13(10-14(20-12)15(2,3)4)11-16-6-8-17(9-7-16)21(5,18)19/h10H,6-9,11H2,1-5H3. The first-order chi connectivity index (χ1) is 9.57. The summed E-state index contributed by atoms with van der Waals surface area (Å²) in [6.45, 7) is 11.9. The van der Waals surface area contributed by atoms with Gasteiger partial charge in [0.05, 0.1) is 6.26 Å². The quantitative estimate of drug-likeness (QED) is 0.856. The van der Waals surface area contributed by atoms with Crippen molar-refractivity contribution in [3.8, 4) is 0 Å². The highest BCUT2D eigenvalue weighted by Gasteiger charge is 2.25. The molecule has 0 aliphatic carbocycles. The molecule has 6 heteroatoms. The molecular weight excluding hydrogens is 288 g/mol. The highest BCUT2D eigenvalue weighted by Crippen LogP contribution is 2.27. The molecule has 21 heavy (non-hydrogen) atoms. The van der Waals surface area contributed by atoms with Crippen molar-refractivity contribution in [2.75, 3.05) is 32.4 Å². The van der Waals surface area contributed by atoms with Gasteiger partial charge in [-0.3, -0.25) is 4.90 Å². The van der Waals surface area contributed by atoms with Crippen LogP contribution in [0.15, 0.2) is 10.5 Å². The summed E-state index contributed by atoms with van der Waals surface area (Å²) in [5.41, 5.74) is 1.21. The highest BCUT2D eigenvalue weighted by molar-refractivity contribution is 7.88. The van der Waals surface area contributed by atoms with E-state index in [-0.39, 0.29) is 5.41 Å². The van der Waals surface area contributed by atoms with E-state index in [0.717, 1.165) is 31.2 Å². The molecule has 0 spiro atoms. The maximum Gasteiger partial charge on any atom is 0.211 e. The van der Waals surface area contributed by atoms with Crippen LogP contribution in [0.5, 0.6) is 0 Å². The van der Waals surface area contributed by atoms with Crippen molar-refractivity contribution < 1.29 is 12.8 Å². The molecule has 120 valence electrons. The number of hydrogen-bond donors (Lipinski definition) is 0. The molecule has 1 aromatic rings. The second kappa shape index (κ2) is 5.74. The van der Waals surface area contributed by atoms with Crippen molar-refractivity contribution >= 4 is 10.0 Å². The van der Waals surface area contributed by atoms with Crippen molar-refractivity contribution in [2.45, 2.75) is 39.7 Å². The first kappa shape index (κ1) is 16.5. The third kappa shape index (κ3) is 4.08. The summed E-state index contributed by atoms with van der Waals surface area (Å²) >= 11 is 0. The number of furan rings is 1. The number of piperazine rings is 1. The Labute approximate surface area is 128 Å². The Bertz CT molecular complexity index is 591. The van der Waals surface area contributed by atoms with E-state index in [0.29, 0.717) is 13.1 Å². The second-order valence-corrected chi connectivity index (χ2v) is 8.86. The van der Waals surface area contributed by atoms with Gasteiger partial charge in [-0.1, -0.05) is 20.8 Å². The first-order valence-corrected chi connectivity index (χ1v) is 9.19. The molecule has 5 nitrogen and oxygen atoms in total. The van der Waals surface area contributed by atoms with Gasteiger partial charge in [0.25, 0.3) is 0 Å². The number of rotatable bonds is 3. The monoisotopic (exact) mass is 314 g/mol. The molecule has 0 unspecified atom stereocenters. The largest absolute Gasteiger partial charge is 0.465 e. The fourth-order valence-electron chi connectivity index (χ4n) is 2.51. The molecule has 0 atom stereocenters. The van der Waals surface area contributed by atoms with Crippen LogP contribution in [-0.4, -0.2) is 50.1 Å². The van der Waals surface area contributed by atoms with Gasteiger partial charge in [0.15, 0.2) is 0 Å². The fraction of sp³-hybridized carbons (Fsp3) is 0.733. The third-order valence-electron chi connectivity index (χ3n) is 3.95. The van der Waals surface area contributed by atoms with E-state index >= 15 is 0 Å². The number of aryl methyl sites for hydroxylation is 1. The summed E-state index contributed by atoms with van der Waals surface area (Å²) < 4.78 is 30.4. The molecule has 1 aromatic heterocycles. The van der Waals surface area contributed by atoms with Crippen LogP contribution < -0.4 is 0 Å². The van der Waals surface area contributed by atoms with Gasteiger partial charge in [-0.05, 0) is 13.0 Å². The lowest BCUT2D eigenvalue weighted by Gasteiger charge is -2.33. The molecule has 2 heterocycles. The highest BCUT2D eigenvalue weighted by atomic mass is 32.2. The lowest BCUT2D eigenvalue weighted by Crippen LogP contribution is -2.47. The average Bonchev–Trinajstić information content (AvgIpc) is 2.70. The Kier molecular flexibility index (Phi) is 4.52. The minimum absolute atomic E-state index is 0.0119. The Morgan fingerprint density at radius 1 is 1.19 bits per heavy atom. The summed E-state index contributed by atoms with van der Waals surface area (Å²) in [7, 11) is -3.06. The van der Waals surface area contributed by atoms with Gasteiger partial charge < -0.3 is 4.42 Å². The van der Waals surface area contributed by atoms with Crippen LogP contribution >= 0.6 is 0 Å². The van der Waals surface area contributed by atoms with Gasteiger partial charge in [-0.2, -0.15) is 4.31 Å². The summed E-state index contributed by atoms with van der Waals surface area (Å²) in [5.74, 6) is 1.97. The summed E-state index contributed by atoms with van der Waals surface area (Å²) in [4.78, 5) is 2.28. The van der Waals surface area contributed by atoms with E-state index < -0.39 is 10.0 Å². The van der Waals surface area contributed by atoms with Crippen LogP contribution in [-0.2, 0) is 22.0 Å². The van der Waals surface area contributed by atoms with Gasteiger partial charge in [0.2, 0.25) is 10.0 Å². The Morgan fingerprint density at radius 3 is 2.19 bits per heavy atom. The van der Waals surface area contributed by atoms with Crippen LogP contribution in [0.1, 0.15) is 37.9 Å². The molecule has 0 radical (unpaired) electrons. The lowest BCUT2D eigenvalue weighted by molar-refractivity contribution is 0.181. The van der Waals surface area contributed by atoms with Crippen molar-refractivity contribution in [3.63, 3.8) is 0 Å². The average molecular weight is 314 g/mol. The molecule has 2 rings (SSSR count). The maximum absolute atomic E-state index is 11.5. The molecule has 0 saturated carbocycles. The van der Waals surface area contributed by atoms with Crippen molar-refractivity contribution in [1.29, 1.82) is 0 Å². The van der Waals surface area contributed by atoms with Crippen LogP contribution in [0.25, 0.3) is 0 Å². The van der Waals surface area contributed by atoms with E-state index in [1.54, 1.807) is 4.31 Å². The minimum Gasteiger partial charge on any atom is -0.465 e. The van der Waals surface area contributed by atoms with E-state index in [4.69, 9.17) is 4.42 Å². The molecular formula is C15H26N2O3S. The molecule has 0 aromatic carbocycles. The molecule has 0 bridgehead atoms. The van der Waals surface area contributed by atoms with Gasteiger partial charge in [-0.15, -0.1) is 0 Å². The first-order valence-electron chi connectivity index (χ1n) is 7.34. The predicted octanol–water partition coefficient (Wildman–Crippen LogP) is 1.96. The zero-order valence-corrected chi connectivity index (χ0v) is 14.5. The van der Waals surface area contributed by atoms with Crippen LogP contribution in [0.3, 0.4) is 0 Å². The second-order valence-electron chi connectivity index (χ2n) is 6.88. The molecule has 1 saturated heterocycles. The SMILES string of the molecule is Cc1oc(C(C)(C)C)cc1CN1CCN(S(C)(=O)=O)CC1. The Hall–Kier alpha value is -0.850. The smallest absolute Gasteiger partial charge is 0.211 e. The van der Waals surface area contributed by atoms with Gasteiger partial charge in [0.1, 0.15) is 11.5 Å². The summed E-state index contributed by atoms with van der Waals surface area (Å²) in [5, 5.41) is 0. The van der Waals surface area contributed by atoms with Crippen LogP contribution in [0, 0.1) is 6.92 Å². The van der Waals surface area contributed by atoms with Crippen LogP contribution in [0.2, 0.25) is 0 Å². The summed E-state index contributed by atoms with van der Waals surface area (Å²) in [6, 6.07) is 2.14. The van der Waals surface area contributed by atoms with E-state index in [1.165, 1.54) is 11.8 Å². The van der Waals surface area contributed by atoms with E-state index in [1.807, 2.05) is 6.92 Å². The lowest BCUT2D eigenvalue weighted by atomic mass is 9.93. The minimum atomic E-state index is -3.06. The van der Waals surface area contributed by atoms with E-state index in [2.05, 4.69) is 31.7 Å². The maximum atomic E-state index is 11.5. The van der Waals surface area contributed by atoms with Gasteiger partial charge in [-0.25, -0.2) is 8.42 Å². The molecule has 1 aliphatic rings. The number of nitrogens with zero attached hydrogens (tertiary/aromatic N) is 2. The molecule has 0 amide bonds. The van der Waals surface area contributed by atoms with Crippen molar-refractivity contribution in [1.82, 2.24) is 9.21 Å². The number of sulfonamides is 1. The Morgan fingerprint density at radius 2 is 1.76 bits per heavy atom. The van der Waals surface area contributed by atoms with E-state index in [9.17, 15) is 8.42 Å². The zero-order valence-electron chi connectivity index (χ0n) is 13.6. The Balaban J connectivity index is 2.00. The molecule has 1 aliphatic heterocycles. The van der Waals surface area contributed by atoms with Crippen LogP contribution in [0.4, 0.5) is 0 Å². The molecule has 0 N–H and O–H groups in total. The van der Waals surface area contributed by atoms with Gasteiger partial charge in [0, 0.05) is 43.7 Å². The van der Waals surface area contributed by atoms with Crippen molar-refractivity contribution in [3.05, 3.63) is 23.2 Å². The number of hydrogen-bond acceptors (Lipinski definition) is 4. The van der Waals surface area contributed by atoms with Crippen molar-refractivity contribution in [2.24, 2.45) is 0 Å². The molecule has 1 fully saturated rings. The normalized spacial score (nSPS) is 19.1. The van der Waals surface area contributed by atoms with Gasteiger partial charge >= 0.3 is 0 Å². The third-order valence-corrected chi connectivity index (χ3v) is 5.26. The summed E-state index contributed by atoms with van der Waals surface area (Å²) in [6.07, 6.45) is 1.28. The topological polar surface area (TPSA) is 53.8 Å².